The van der Waals surface area contributed by atoms with Crippen molar-refractivity contribution in [2.45, 2.75) is 20.4 Å². The zero-order chi connectivity index (χ0) is 24.1. The van der Waals surface area contributed by atoms with Crippen LogP contribution < -0.4 is 0 Å². The Hall–Kier alpha value is -4.06. The molecule has 0 bridgehead atoms. The molecule has 0 saturated carbocycles. The molecular weight excluding hydrogens is 426 g/mol. The monoisotopic (exact) mass is 455 g/mol. The lowest BCUT2D eigenvalue weighted by Gasteiger charge is -2.34. The molecule has 0 atom stereocenters. The van der Waals surface area contributed by atoms with Crippen LogP contribution in [0.5, 0.6) is 5.75 Å². The van der Waals surface area contributed by atoms with Gasteiger partial charge < -0.3 is 19.9 Å². The van der Waals surface area contributed by atoms with E-state index in [9.17, 15) is 14.7 Å². The molecule has 1 aliphatic heterocycles. The highest BCUT2D eigenvalue weighted by molar-refractivity contribution is 6.00. The number of fused-ring (bicyclic) bond motifs is 1. The van der Waals surface area contributed by atoms with Crippen LogP contribution in [-0.2, 0) is 11.3 Å². The Kier molecular flexibility index (Phi) is 6.97. The minimum absolute atomic E-state index is 0.0615. The van der Waals surface area contributed by atoms with E-state index in [0.29, 0.717) is 25.3 Å². The van der Waals surface area contributed by atoms with Gasteiger partial charge in [0.25, 0.3) is 5.91 Å². The molecule has 0 spiro atoms. The average molecular weight is 456 g/mol. The fourth-order valence-electron chi connectivity index (χ4n) is 4.00. The minimum Gasteiger partial charge on any atom is -0.508 e. The molecule has 1 fully saturated rings. The fourth-order valence-corrected chi connectivity index (χ4v) is 4.00. The standard InChI is InChI=1S/C21H21N3O3.C7H8/c1-14-5-6-18-16(9-14)11-19(22-18)21(27)24-8-7-23(20(26)13-24)12-15-3-2-4-17(25)10-15;1-7-5-3-2-4-6-7/h2-6,9-11,22,25H,7-8,12-13H2,1H3;2-6H,1H3. The van der Waals surface area contributed by atoms with Gasteiger partial charge in [0.1, 0.15) is 18.0 Å². The third kappa shape index (κ3) is 5.64. The molecule has 0 radical (unpaired) electrons. The molecule has 0 unspecified atom stereocenters. The lowest BCUT2D eigenvalue weighted by molar-refractivity contribution is -0.135. The van der Waals surface area contributed by atoms with Crippen LogP contribution in [0.1, 0.15) is 27.2 Å². The zero-order valence-electron chi connectivity index (χ0n) is 19.5. The number of rotatable bonds is 3. The molecule has 1 aliphatic rings. The highest BCUT2D eigenvalue weighted by atomic mass is 16.3. The maximum absolute atomic E-state index is 12.8. The number of nitrogens with one attached hydrogen (secondary N) is 1. The Morgan fingerprint density at radius 1 is 0.912 bits per heavy atom. The summed E-state index contributed by atoms with van der Waals surface area (Å²) >= 11 is 0. The molecule has 1 saturated heterocycles. The van der Waals surface area contributed by atoms with Crippen molar-refractivity contribution in [1.29, 1.82) is 0 Å². The summed E-state index contributed by atoms with van der Waals surface area (Å²) < 4.78 is 0. The van der Waals surface area contributed by atoms with Gasteiger partial charge in [-0.05, 0) is 49.7 Å². The molecule has 174 valence electrons. The highest BCUT2D eigenvalue weighted by Crippen LogP contribution is 2.20. The Bertz CT molecular complexity index is 1300. The molecule has 5 rings (SSSR count). The third-order valence-corrected chi connectivity index (χ3v) is 5.84. The van der Waals surface area contributed by atoms with E-state index in [1.165, 1.54) is 5.56 Å². The van der Waals surface area contributed by atoms with Crippen molar-refractivity contribution >= 4 is 22.7 Å². The second-order valence-corrected chi connectivity index (χ2v) is 8.64. The van der Waals surface area contributed by atoms with Gasteiger partial charge in [-0.1, -0.05) is 59.7 Å². The third-order valence-electron chi connectivity index (χ3n) is 5.84. The topological polar surface area (TPSA) is 76.6 Å². The fraction of sp³-hybridized carbons (Fsp3) is 0.214. The number of piperazine rings is 1. The van der Waals surface area contributed by atoms with Crippen LogP contribution >= 0.6 is 0 Å². The molecule has 4 aromatic rings. The first-order chi connectivity index (χ1) is 16.4. The number of aryl methyl sites for hydroxylation is 2. The number of hydrogen-bond donors (Lipinski definition) is 2. The van der Waals surface area contributed by atoms with Crippen molar-refractivity contribution in [3.8, 4) is 5.75 Å². The lowest BCUT2D eigenvalue weighted by Crippen LogP contribution is -2.51. The summed E-state index contributed by atoms with van der Waals surface area (Å²) in [6.45, 7) is 5.54. The van der Waals surface area contributed by atoms with E-state index in [-0.39, 0.29) is 24.1 Å². The SMILES string of the molecule is Cc1ccc2[nH]c(C(=O)N3CCN(Cc4cccc(O)c4)C(=O)C3)cc2c1.Cc1ccccc1. The first-order valence-electron chi connectivity index (χ1n) is 11.3. The number of H-pyrrole nitrogens is 1. The summed E-state index contributed by atoms with van der Waals surface area (Å²) in [6, 6.07) is 25.0. The summed E-state index contributed by atoms with van der Waals surface area (Å²) in [5, 5.41) is 10.6. The number of aromatic hydroxyl groups is 1. The van der Waals surface area contributed by atoms with Crippen molar-refractivity contribution in [2.75, 3.05) is 19.6 Å². The number of phenolic OH excluding ortho intramolecular Hbond substituents is 1. The number of nitrogens with zero attached hydrogens (tertiary/aromatic N) is 2. The number of aromatic amines is 1. The number of carbonyl (C=O) groups excluding carboxylic acids is 2. The second kappa shape index (κ2) is 10.3. The second-order valence-electron chi connectivity index (χ2n) is 8.64. The van der Waals surface area contributed by atoms with Gasteiger partial charge in [0.2, 0.25) is 5.91 Å². The van der Waals surface area contributed by atoms with Gasteiger partial charge in [0, 0.05) is 30.5 Å². The summed E-state index contributed by atoms with van der Waals surface area (Å²) in [6.07, 6.45) is 0. The van der Waals surface area contributed by atoms with Crippen LogP contribution in [0.3, 0.4) is 0 Å². The molecule has 6 heteroatoms. The van der Waals surface area contributed by atoms with Crippen molar-refractivity contribution in [1.82, 2.24) is 14.8 Å². The Balaban J connectivity index is 0.000000336. The van der Waals surface area contributed by atoms with Crippen molar-refractivity contribution < 1.29 is 14.7 Å². The van der Waals surface area contributed by atoms with Crippen LogP contribution in [-0.4, -0.2) is 51.3 Å². The van der Waals surface area contributed by atoms with Crippen molar-refractivity contribution in [2.24, 2.45) is 0 Å². The van der Waals surface area contributed by atoms with Gasteiger partial charge in [0.15, 0.2) is 0 Å². The number of aromatic nitrogens is 1. The van der Waals surface area contributed by atoms with Gasteiger partial charge >= 0.3 is 0 Å². The minimum atomic E-state index is -0.158. The van der Waals surface area contributed by atoms with Crippen molar-refractivity contribution in [3.05, 3.63) is 101 Å². The summed E-state index contributed by atoms with van der Waals surface area (Å²) in [7, 11) is 0. The van der Waals surface area contributed by atoms with Crippen LogP contribution in [0.15, 0.2) is 78.9 Å². The molecular formula is C28H29N3O3. The molecule has 34 heavy (non-hydrogen) atoms. The molecule has 6 nitrogen and oxygen atoms in total. The van der Waals surface area contributed by atoms with Crippen LogP contribution in [0.25, 0.3) is 10.9 Å². The number of carbonyl (C=O) groups is 2. The number of benzene rings is 3. The molecule has 2 heterocycles. The molecule has 3 aromatic carbocycles. The van der Waals surface area contributed by atoms with Gasteiger partial charge in [-0.25, -0.2) is 0 Å². The van der Waals surface area contributed by atoms with Crippen LogP contribution in [0, 0.1) is 13.8 Å². The smallest absolute Gasteiger partial charge is 0.270 e. The first kappa shape index (κ1) is 23.1. The van der Waals surface area contributed by atoms with Gasteiger partial charge in [-0.3, -0.25) is 9.59 Å². The van der Waals surface area contributed by atoms with E-state index in [0.717, 1.165) is 22.0 Å². The van der Waals surface area contributed by atoms with Gasteiger partial charge in [-0.2, -0.15) is 0 Å². The Morgan fingerprint density at radius 2 is 1.71 bits per heavy atom. The van der Waals surface area contributed by atoms with Crippen molar-refractivity contribution in [3.63, 3.8) is 0 Å². The van der Waals surface area contributed by atoms with E-state index < -0.39 is 0 Å². The predicted octanol–water partition coefficient (Wildman–Crippen LogP) is 4.66. The number of hydrogen-bond acceptors (Lipinski definition) is 3. The Labute approximate surface area is 199 Å². The normalized spacial score (nSPS) is 13.5. The number of phenols is 1. The molecule has 0 aliphatic carbocycles. The maximum Gasteiger partial charge on any atom is 0.270 e. The van der Waals surface area contributed by atoms with Crippen LogP contribution in [0.2, 0.25) is 0 Å². The van der Waals surface area contributed by atoms with E-state index in [1.54, 1.807) is 28.0 Å². The summed E-state index contributed by atoms with van der Waals surface area (Å²) in [5.41, 5.74) is 4.75. The maximum atomic E-state index is 12.8. The quantitative estimate of drug-likeness (QED) is 0.472. The van der Waals surface area contributed by atoms with E-state index in [4.69, 9.17) is 0 Å². The van der Waals surface area contributed by atoms with Gasteiger partial charge in [0.05, 0.1) is 0 Å². The molecule has 2 N–H and O–H groups in total. The van der Waals surface area contributed by atoms with Crippen LogP contribution in [0.4, 0.5) is 0 Å². The van der Waals surface area contributed by atoms with E-state index in [1.807, 2.05) is 55.5 Å². The molecule has 2 amide bonds. The number of amides is 2. The first-order valence-corrected chi connectivity index (χ1v) is 11.3. The van der Waals surface area contributed by atoms with E-state index >= 15 is 0 Å². The summed E-state index contributed by atoms with van der Waals surface area (Å²) in [4.78, 5) is 31.8. The Morgan fingerprint density at radius 3 is 2.38 bits per heavy atom. The molecule has 1 aromatic heterocycles. The van der Waals surface area contributed by atoms with E-state index in [2.05, 4.69) is 24.0 Å². The zero-order valence-corrected chi connectivity index (χ0v) is 19.5. The summed E-state index contributed by atoms with van der Waals surface area (Å²) in [5.74, 6) is -0.0677. The lowest BCUT2D eigenvalue weighted by atomic mass is 10.1. The highest BCUT2D eigenvalue weighted by Gasteiger charge is 2.28. The average Bonchev–Trinajstić information content (AvgIpc) is 3.24. The van der Waals surface area contributed by atoms with Gasteiger partial charge in [-0.15, -0.1) is 0 Å². The largest absolute Gasteiger partial charge is 0.508 e. The predicted molar refractivity (Wildman–Crippen MR) is 134 cm³/mol.